The van der Waals surface area contributed by atoms with Crippen LogP contribution in [0.4, 0.5) is 0 Å². The van der Waals surface area contributed by atoms with Gasteiger partial charge in [-0.2, -0.15) is 0 Å². The Labute approximate surface area is 147 Å². The van der Waals surface area contributed by atoms with Gasteiger partial charge in [0.15, 0.2) is 11.5 Å². The van der Waals surface area contributed by atoms with Crippen LogP contribution in [0.2, 0.25) is 0 Å². The van der Waals surface area contributed by atoms with Crippen LogP contribution in [0.1, 0.15) is 35.3 Å². The molecule has 2 aromatic carbocycles. The standard InChI is InChI=1S/C21H20O4/c1-22-15-8-5-13(6-9-15)4-7-14-10-18-16-11-19(23-2)20(24-3)12-17(16)21(14)25-18/h5-6,8-9,11-12,14,18,21H,10H2,1-3H3. The van der Waals surface area contributed by atoms with E-state index in [-0.39, 0.29) is 18.1 Å². The van der Waals surface area contributed by atoms with E-state index in [0.717, 1.165) is 29.2 Å². The van der Waals surface area contributed by atoms with E-state index in [9.17, 15) is 0 Å². The summed E-state index contributed by atoms with van der Waals surface area (Å²) in [5.41, 5.74) is 3.35. The van der Waals surface area contributed by atoms with E-state index < -0.39 is 0 Å². The van der Waals surface area contributed by atoms with Gasteiger partial charge in [-0.3, -0.25) is 0 Å². The van der Waals surface area contributed by atoms with E-state index >= 15 is 0 Å². The number of ether oxygens (including phenoxy) is 4. The second kappa shape index (κ2) is 6.34. The molecule has 0 amide bonds. The average Bonchev–Trinajstić information content (AvgIpc) is 3.24. The number of fused-ring (bicyclic) bond motifs is 5. The summed E-state index contributed by atoms with van der Waals surface area (Å²) in [7, 11) is 4.97. The van der Waals surface area contributed by atoms with Gasteiger partial charge in [0, 0.05) is 5.56 Å². The quantitative estimate of drug-likeness (QED) is 0.797. The fraction of sp³-hybridized carbons (Fsp3) is 0.333. The molecule has 0 radical (unpaired) electrons. The first-order chi connectivity index (χ1) is 12.2. The molecule has 3 unspecified atom stereocenters. The normalized spacial score (nSPS) is 22.8. The van der Waals surface area contributed by atoms with Crippen molar-refractivity contribution >= 4 is 0 Å². The summed E-state index contributed by atoms with van der Waals surface area (Å²) in [6.45, 7) is 0. The van der Waals surface area contributed by atoms with Gasteiger partial charge in [0.1, 0.15) is 5.75 Å². The molecule has 128 valence electrons. The third-order valence-corrected chi connectivity index (χ3v) is 4.88. The Balaban J connectivity index is 1.59. The van der Waals surface area contributed by atoms with E-state index in [1.54, 1.807) is 21.3 Å². The molecule has 0 spiro atoms. The number of methoxy groups -OCH3 is 3. The van der Waals surface area contributed by atoms with Gasteiger partial charge in [-0.1, -0.05) is 11.8 Å². The van der Waals surface area contributed by atoms with Crippen LogP contribution in [0.5, 0.6) is 17.2 Å². The van der Waals surface area contributed by atoms with Crippen molar-refractivity contribution in [3.63, 3.8) is 0 Å². The van der Waals surface area contributed by atoms with Gasteiger partial charge in [0.05, 0.1) is 39.5 Å². The molecule has 2 aliphatic heterocycles. The number of hydrogen-bond donors (Lipinski definition) is 0. The molecule has 0 aromatic heterocycles. The molecule has 2 aliphatic rings. The third-order valence-electron chi connectivity index (χ3n) is 4.88. The first-order valence-electron chi connectivity index (χ1n) is 8.30. The summed E-state index contributed by atoms with van der Waals surface area (Å²) in [5, 5.41) is 0. The van der Waals surface area contributed by atoms with Gasteiger partial charge in [-0.25, -0.2) is 0 Å². The smallest absolute Gasteiger partial charge is 0.161 e. The second-order valence-corrected chi connectivity index (χ2v) is 6.22. The highest BCUT2D eigenvalue weighted by atomic mass is 16.5. The lowest BCUT2D eigenvalue weighted by molar-refractivity contribution is 0.0656. The molecule has 1 saturated heterocycles. The summed E-state index contributed by atoms with van der Waals surface area (Å²) < 4.78 is 22.2. The molecular formula is C21H20O4. The van der Waals surface area contributed by atoms with Crippen LogP contribution in [0.15, 0.2) is 36.4 Å². The van der Waals surface area contributed by atoms with Gasteiger partial charge in [-0.05, 0) is 53.9 Å². The minimum Gasteiger partial charge on any atom is -0.497 e. The minimum absolute atomic E-state index is 0.00514. The Morgan fingerprint density at radius 1 is 0.920 bits per heavy atom. The maximum atomic E-state index is 6.15. The molecule has 25 heavy (non-hydrogen) atoms. The Morgan fingerprint density at radius 3 is 2.24 bits per heavy atom. The Kier molecular flexibility index (Phi) is 4.03. The van der Waals surface area contributed by atoms with Crippen molar-refractivity contribution in [3.8, 4) is 29.1 Å². The monoisotopic (exact) mass is 336 g/mol. The molecule has 4 heteroatoms. The molecule has 0 N–H and O–H groups in total. The van der Waals surface area contributed by atoms with E-state index in [0.29, 0.717) is 0 Å². The van der Waals surface area contributed by atoms with Gasteiger partial charge in [-0.15, -0.1) is 0 Å². The molecule has 2 heterocycles. The van der Waals surface area contributed by atoms with Crippen molar-refractivity contribution in [3.05, 3.63) is 53.1 Å². The first kappa shape index (κ1) is 15.9. The first-order valence-corrected chi connectivity index (χ1v) is 8.30. The lowest BCUT2D eigenvalue weighted by atomic mass is 9.84. The molecule has 0 saturated carbocycles. The zero-order valence-electron chi connectivity index (χ0n) is 14.5. The lowest BCUT2D eigenvalue weighted by Gasteiger charge is -2.19. The van der Waals surface area contributed by atoms with Gasteiger partial charge < -0.3 is 18.9 Å². The predicted molar refractivity (Wildman–Crippen MR) is 94.1 cm³/mol. The van der Waals surface area contributed by atoms with Crippen LogP contribution in [0.3, 0.4) is 0 Å². The van der Waals surface area contributed by atoms with E-state index in [2.05, 4.69) is 11.8 Å². The van der Waals surface area contributed by atoms with Crippen LogP contribution in [-0.2, 0) is 4.74 Å². The molecule has 4 rings (SSSR count). The zero-order chi connectivity index (χ0) is 17.4. The molecule has 0 aliphatic carbocycles. The number of hydrogen-bond acceptors (Lipinski definition) is 4. The van der Waals surface area contributed by atoms with Gasteiger partial charge in [0.25, 0.3) is 0 Å². The summed E-state index contributed by atoms with van der Waals surface area (Å²) >= 11 is 0. The predicted octanol–water partition coefficient (Wildman–Crippen LogP) is 3.90. The summed E-state index contributed by atoms with van der Waals surface area (Å²) in [6.07, 6.45) is 1.01. The number of rotatable bonds is 3. The van der Waals surface area contributed by atoms with Crippen molar-refractivity contribution in [2.24, 2.45) is 5.92 Å². The molecule has 4 nitrogen and oxygen atoms in total. The topological polar surface area (TPSA) is 36.9 Å². The summed E-state index contributed by atoms with van der Waals surface area (Å²) in [4.78, 5) is 0. The highest BCUT2D eigenvalue weighted by molar-refractivity contribution is 5.52. The van der Waals surface area contributed by atoms with Crippen molar-refractivity contribution in [1.82, 2.24) is 0 Å². The van der Waals surface area contributed by atoms with Crippen LogP contribution in [0.25, 0.3) is 0 Å². The molecule has 2 bridgehead atoms. The van der Waals surface area contributed by atoms with E-state index in [1.807, 2.05) is 36.4 Å². The Bertz CT molecular complexity index is 845. The zero-order valence-corrected chi connectivity index (χ0v) is 14.5. The summed E-state index contributed by atoms with van der Waals surface area (Å²) in [5.74, 6) is 9.16. The third kappa shape index (κ3) is 2.71. The molecule has 2 aromatic rings. The highest BCUT2D eigenvalue weighted by Gasteiger charge is 2.45. The number of benzene rings is 2. The van der Waals surface area contributed by atoms with Crippen LogP contribution in [-0.4, -0.2) is 21.3 Å². The molecule has 3 atom stereocenters. The second-order valence-electron chi connectivity index (χ2n) is 6.22. The largest absolute Gasteiger partial charge is 0.497 e. The van der Waals surface area contributed by atoms with E-state index in [4.69, 9.17) is 18.9 Å². The average molecular weight is 336 g/mol. The summed E-state index contributed by atoms with van der Waals surface area (Å²) in [6, 6.07) is 11.9. The van der Waals surface area contributed by atoms with Crippen LogP contribution in [0, 0.1) is 17.8 Å². The molecule has 1 fully saturated rings. The Morgan fingerprint density at radius 2 is 1.60 bits per heavy atom. The highest BCUT2D eigenvalue weighted by Crippen LogP contribution is 2.55. The minimum atomic E-state index is 0.00514. The van der Waals surface area contributed by atoms with Gasteiger partial charge in [0.2, 0.25) is 0 Å². The van der Waals surface area contributed by atoms with Crippen molar-refractivity contribution < 1.29 is 18.9 Å². The van der Waals surface area contributed by atoms with Crippen LogP contribution < -0.4 is 14.2 Å². The lowest BCUT2D eigenvalue weighted by Crippen LogP contribution is -2.09. The Hall–Kier alpha value is -2.64. The van der Waals surface area contributed by atoms with Crippen molar-refractivity contribution in [2.45, 2.75) is 18.6 Å². The maximum Gasteiger partial charge on any atom is 0.161 e. The maximum absolute atomic E-state index is 6.15. The van der Waals surface area contributed by atoms with Gasteiger partial charge >= 0.3 is 0 Å². The molecular weight excluding hydrogens is 316 g/mol. The fourth-order valence-corrected chi connectivity index (χ4v) is 3.59. The van der Waals surface area contributed by atoms with Crippen LogP contribution >= 0.6 is 0 Å². The SMILES string of the molecule is COc1ccc(C#CC2CC3OC2c2cc(OC)c(OC)cc23)cc1. The van der Waals surface area contributed by atoms with Crippen molar-refractivity contribution in [1.29, 1.82) is 0 Å². The van der Waals surface area contributed by atoms with E-state index in [1.165, 1.54) is 11.1 Å². The fourth-order valence-electron chi connectivity index (χ4n) is 3.59. The van der Waals surface area contributed by atoms with Crippen molar-refractivity contribution in [2.75, 3.05) is 21.3 Å².